The van der Waals surface area contributed by atoms with Crippen molar-refractivity contribution in [3.8, 4) is 0 Å². The van der Waals surface area contributed by atoms with E-state index in [1.165, 1.54) is 60.4 Å². The molecule has 1 heterocycles. The number of carbonyl (C=O) groups is 3. The third kappa shape index (κ3) is 4.56. The van der Waals surface area contributed by atoms with E-state index in [0.29, 0.717) is 5.02 Å². The molecule has 2 amide bonds. The van der Waals surface area contributed by atoms with Gasteiger partial charge in [0.1, 0.15) is 5.76 Å². The van der Waals surface area contributed by atoms with Crippen molar-refractivity contribution >= 4 is 40.6 Å². The highest BCUT2D eigenvalue weighted by Gasteiger charge is 2.46. The van der Waals surface area contributed by atoms with Crippen LogP contribution in [-0.2, 0) is 14.4 Å². The van der Waals surface area contributed by atoms with Gasteiger partial charge in [0.25, 0.3) is 17.4 Å². The second-order valence-corrected chi connectivity index (χ2v) is 7.27. The number of amides is 2. The molecule has 0 spiro atoms. The van der Waals surface area contributed by atoms with Crippen LogP contribution in [-0.4, -0.2) is 45.6 Å². The van der Waals surface area contributed by atoms with Gasteiger partial charge < -0.3 is 15.3 Å². The molecule has 0 aliphatic carbocycles. The number of hydrogen-bond donors (Lipinski definition) is 2. The summed E-state index contributed by atoms with van der Waals surface area (Å²) in [5, 5.41) is 25.1. The van der Waals surface area contributed by atoms with Gasteiger partial charge >= 0.3 is 0 Å². The van der Waals surface area contributed by atoms with E-state index in [1.807, 2.05) is 0 Å². The maximum absolute atomic E-state index is 12.8. The van der Waals surface area contributed by atoms with E-state index in [0.717, 1.165) is 0 Å². The van der Waals surface area contributed by atoms with Crippen molar-refractivity contribution in [2.24, 2.45) is 0 Å². The Kier molecular flexibility index (Phi) is 6.36. The summed E-state index contributed by atoms with van der Waals surface area (Å²) in [5.41, 5.74) is 0.124. The molecule has 160 valence electrons. The van der Waals surface area contributed by atoms with Gasteiger partial charge in [-0.05, 0) is 29.8 Å². The van der Waals surface area contributed by atoms with E-state index < -0.39 is 28.4 Å². The highest BCUT2D eigenvalue weighted by molar-refractivity contribution is 6.46. The summed E-state index contributed by atoms with van der Waals surface area (Å²) < 4.78 is 0. The fourth-order valence-electron chi connectivity index (χ4n) is 3.38. The van der Waals surface area contributed by atoms with E-state index in [1.54, 1.807) is 0 Å². The molecule has 2 aromatic rings. The van der Waals surface area contributed by atoms with Crippen LogP contribution >= 0.6 is 11.6 Å². The van der Waals surface area contributed by atoms with Crippen molar-refractivity contribution in [1.29, 1.82) is 0 Å². The zero-order valence-electron chi connectivity index (χ0n) is 16.4. The number of ketones is 1. The maximum atomic E-state index is 12.8. The van der Waals surface area contributed by atoms with Crippen LogP contribution < -0.4 is 5.32 Å². The molecular weight excluding hydrogens is 426 g/mol. The van der Waals surface area contributed by atoms with E-state index >= 15 is 0 Å². The van der Waals surface area contributed by atoms with Crippen molar-refractivity contribution in [1.82, 2.24) is 10.2 Å². The summed E-state index contributed by atoms with van der Waals surface area (Å²) in [6.07, 6.45) is 0. The second-order valence-electron chi connectivity index (χ2n) is 6.83. The monoisotopic (exact) mass is 443 g/mol. The van der Waals surface area contributed by atoms with Crippen LogP contribution in [0.2, 0.25) is 5.02 Å². The first-order valence-electron chi connectivity index (χ1n) is 9.24. The third-order valence-electron chi connectivity index (χ3n) is 4.78. The van der Waals surface area contributed by atoms with Crippen molar-refractivity contribution in [3.63, 3.8) is 0 Å². The normalized spacial score (nSPS) is 17.6. The topological polar surface area (TPSA) is 130 Å². The fraction of sp³-hybridized carbons (Fsp3) is 0.190. The molecule has 0 aromatic heterocycles. The van der Waals surface area contributed by atoms with Crippen LogP contribution in [0, 0.1) is 10.1 Å². The molecule has 31 heavy (non-hydrogen) atoms. The predicted octanol–water partition coefficient (Wildman–Crippen LogP) is 2.81. The molecule has 1 unspecified atom stereocenters. The first-order chi connectivity index (χ1) is 14.7. The molecule has 9 nitrogen and oxygen atoms in total. The van der Waals surface area contributed by atoms with Gasteiger partial charge in [-0.1, -0.05) is 23.7 Å². The van der Waals surface area contributed by atoms with Crippen LogP contribution in [0.25, 0.3) is 5.76 Å². The minimum Gasteiger partial charge on any atom is -0.507 e. The fourth-order valence-corrected chi connectivity index (χ4v) is 3.51. The average Bonchev–Trinajstić information content (AvgIpc) is 2.98. The highest BCUT2D eigenvalue weighted by atomic mass is 35.5. The summed E-state index contributed by atoms with van der Waals surface area (Å²) in [6, 6.07) is 10.5. The zero-order chi connectivity index (χ0) is 22.7. The molecule has 0 saturated carbocycles. The number of nitro benzene ring substituents is 1. The van der Waals surface area contributed by atoms with E-state index in [4.69, 9.17) is 11.6 Å². The molecule has 2 N–H and O–H groups in total. The number of rotatable bonds is 6. The lowest BCUT2D eigenvalue weighted by Crippen LogP contribution is -2.37. The first kappa shape index (κ1) is 22.0. The predicted molar refractivity (Wildman–Crippen MR) is 112 cm³/mol. The van der Waals surface area contributed by atoms with Gasteiger partial charge in [-0.2, -0.15) is 0 Å². The van der Waals surface area contributed by atoms with Crippen molar-refractivity contribution < 1.29 is 24.4 Å². The average molecular weight is 444 g/mol. The van der Waals surface area contributed by atoms with Crippen LogP contribution in [0.3, 0.4) is 0 Å². The number of halogens is 1. The number of benzene rings is 2. The van der Waals surface area contributed by atoms with Crippen LogP contribution in [0.1, 0.15) is 24.1 Å². The lowest BCUT2D eigenvalue weighted by Gasteiger charge is -2.25. The van der Waals surface area contributed by atoms with Gasteiger partial charge in [-0.25, -0.2) is 0 Å². The minimum absolute atomic E-state index is 0.0328. The Bertz CT molecular complexity index is 1100. The van der Waals surface area contributed by atoms with Gasteiger partial charge in [-0.15, -0.1) is 0 Å². The number of hydrogen-bond acceptors (Lipinski definition) is 6. The third-order valence-corrected chi connectivity index (χ3v) is 5.03. The van der Waals surface area contributed by atoms with Crippen molar-refractivity contribution in [2.75, 3.05) is 13.1 Å². The van der Waals surface area contributed by atoms with Gasteiger partial charge in [-0.3, -0.25) is 24.5 Å². The molecule has 1 aliphatic rings. The molecule has 0 radical (unpaired) electrons. The molecule has 3 rings (SSSR count). The Labute approximate surface area is 182 Å². The molecule has 1 saturated heterocycles. The Morgan fingerprint density at radius 3 is 2.52 bits per heavy atom. The summed E-state index contributed by atoms with van der Waals surface area (Å²) in [5.74, 6) is -2.54. The number of nitrogens with one attached hydrogen (secondary N) is 1. The number of carbonyl (C=O) groups excluding carboxylic acids is 3. The zero-order valence-corrected chi connectivity index (χ0v) is 17.1. The largest absolute Gasteiger partial charge is 0.507 e. The van der Waals surface area contributed by atoms with Gasteiger partial charge in [0.15, 0.2) is 0 Å². The molecular formula is C21H18ClN3O6. The SMILES string of the molecule is CC(=O)NCCN1C(=O)C(=O)/C(=C(\O)c2ccc(Cl)cc2)C1c1cccc([N+](=O)[O-])c1. The minimum atomic E-state index is -1.07. The van der Waals surface area contributed by atoms with Crippen LogP contribution in [0.5, 0.6) is 0 Å². The van der Waals surface area contributed by atoms with Gasteiger partial charge in [0.05, 0.1) is 16.5 Å². The number of non-ortho nitro benzene ring substituents is 1. The lowest BCUT2D eigenvalue weighted by atomic mass is 9.95. The van der Waals surface area contributed by atoms with Gasteiger partial charge in [0, 0.05) is 42.7 Å². The van der Waals surface area contributed by atoms with Crippen LogP contribution in [0.4, 0.5) is 5.69 Å². The van der Waals surface area contributed by atoms with E-state index in [-0.39, 0.29) is 41.4 Å². The van der Waals surface area contributed by atoms with Gasteiger partial charge in [0.2, 0.25) is 5.91 Å². The van der Waals surface area contributed by atoms with Crippen molar-refractivity contribution in [2.45, 2.75) is 13.0 Å². The van der Waals surface area contributed by atoms with Crippen molar-refractivity contribution in [3.05, 3.63) is 80.4 Å². The number of nitrogens with zero attached hydrogens (tertiary/aromatic N) is 2. The standard InChI is InChI=1S/C21H18ClN3O6/c1-12(26)23-9-10-24-18(14-3-2-4-16(11-14)25(30)31)17(20(28)21(24)29)19(27)13-5-7-15(22)8-6-13/h2-8,11,18,27H,9-10H2,1H3,(H,23,26)/b19-17-. The molecule has 0 bridgehead atoms. The summed E-state index contributed by atoms with van der Waals surface area (Å²) in [7, 11) is 0. The molecule has 1 aliphatic heterocycles. The summed E-state index contributed by atoms with van der Waals surface area (Å²) >= 11 is 5.88. The molecule has 10 heteroatoms. The number of aliphatic hydroxyl groups excluding tert-OH is 1. The first-order valence-corrected chi connectivity index (χ1v) is 9.61. The second kappa shape index (κ2) is 8.97. The van der Waals surface area contributed by atoms with E-state index in [9.17, 15) is 29.6 Å². The summed E-state index contributed by atoms with van der Waals surface area (Å²) in [6.45, 7) is 1.34. The Morgan fingerprint density at radius 1 is 1.23 bits per heavy atom. The maximum Gasteiger partial charge on any atom is 0.295 e. The molecule has 1 atom stereocenters. The smallest absolute Gasteiger partial charge is 0.295 e. The Hall–Kier alpha value is -3.72. The number of nitro groups is 1. The Morgan fingerprint density at radius 2 is 1.90 bits per heavy atom. The highest BCUT2D eigenvalue weighted by Crippen LogP contribution is 2.40. The Balaban J connectivity index is 2.14. The van der Waals surface area contributed by atoms with Crippen LogP contribution in [0.15, 0.2) is 54.1 Å². The van der Waals surface area contributed by atoms with E-state index in [2.05, 4.69) is 5.32 Å². The molecule has 2 aromatic carbocycles. The summed E-state index contributed by atoms with van der Waals surface area (Å²) in [4.78, 5) is 48.6. The quantitative estimate of drug-likeness (QED) is 0.232. The molecule has 1 fully saturated rings. The lowest BCUT2D eigenvalue weighted by molar-refractivity contribution is -0.384. The number of likely N-dealkylation sites (tertiary alicyclic amines) is 1. The number of aliphatic hydroxyl groups is 1. The number of Topliss-reactive ketones (excluding diaryl/α,β-unsaturated/α-hetero) is 1.